The van der Waals surface area contributed by atoms with E-state index in [4.69, 9.17) is 0 Å². The molecular weight excluding hydrogens is 232 g/mol. The Morgan fingerprint density at radius 3 is 2.50 bits per heavy atom. The van der Waals surface area contributed by atoms with E-state index in [2.05, 4.69) is 11.9 Å². The number of hydrogen-bond acceptors (Lipinski definition) is 5. The molecule has 1 saturated heterocycles. The van der Waals surface area contributed by atoms with Crippen molar-refractivity contribution in [2.45, 2.75) is 38.6 Å². The highest BCUT2D eigenvalue weighted by Crippen LogP contribution is 2.21. The van der Waals surface area contributed by atoms with Crippen LogP contribution in [0.5, 0.6) is 0 Å². The Morgan fingerprint density at radius 2 is 1.94 bits per heavy atom. The van der Waals surface area contributed by atoms with Crippen LogP contribution in [-0.4, -0.2) is 45.6 Å². The summed E-state index contributed by atoms with van der Waals surface area (Å²) >= 11 is 0. The van der Waals surface area contributed by atoms with E-state index in [1.165, 1.54) is 0 Å². The van der Waals surface area contributed by atoms with Crippen LogP contribution in [0.1, 0.15) is 24.6 Å². The quantitative estimate of drug-likeness (QED) is 0.707. The third-order valence-electron chi connectivity index (χ3n) is 3.20. The maximum absolute atomic E-state index is 9.56. The lowest BCUT2D eigenvalue weighted by molar-refractivity contribution is 0.0572. The number of rotatable bonds is 4. The number of pyridine rings is 1. The Kier molecular flexibility index (Phi) is 4.16. The lowest BCUT2D eigenvalue weighted by Crippen LogP contribution is -2.22. The van der Waals surface area contributed by atoms with Crippen molar-refractivity contribution >= 4 is 5.82 Å². The van der Waals surface area contributed by atoms with Crippen LogP contribution in [-0.2, 0) is 13.0 Å². The molecule has 18 heavy (non-hydrogen) atoms. The van der Waals surface area contributed by atoms with E-state index in [0.717, 1.165) is 29.9 Å². The molecule has 5 heteroatoms. The van der Waals surface area contributed by atoms with Crippen LogP contribution in [0, 0.1) is 0 Å². The van der Waals surface area contributed by atoms with Gasteiger partial charge in [-0.05, 0) is 24.1 Å². The summed E-state index contributed by atoms with van der Waals surface area (Å²) in [6, 6.07) is 3.71. The summed E-state index contributed by atoms with van der Waals surface area (Å²) < 4.78 is 0. The van der Waals surface area contributed by atoms with Gasteiger partial charge in [0.1, 0.15) is 5.82 Å². The lowest BCUT2D eigenvalue weighted by atomic mass is 10.1. The summed E-state index contributed by atoms with van der Waals surface area (Å²) in [5.74, 6) is 0.723. The van der Waals surface area contributed by atoms with Crippen LogP contribution < -0.4 is 4.90 Å². The van der Waals surface area contributed by atoms with Crippen molar-refractivity contribution < 1.29 is 15.3 Å². The van der Waals surface area contributed by atoms with Crippen LogP contribution in [0.25, 0.3) is 0 Å². The second kappa shape index (κ2) is 5.65. The average Bonchev–Trinajstić information content (AvgIpc) is 2.70. The smallest absolute Gasteiger partial charge is 0.129 e. The molecule has 1 aromatic rings. The number of nitrogens with zero attached hydrogens (tertiary/aromatic N) is 2. The highest BCUT2D eigenvalue weighted by molar-refractivity contribution is 5.44. The standard InChI is InChI=1S/C13H20N2O3/c1-2-3-10-4-9(8-16)5-13(14-10)15-6-11(17)12(18)7-15/h4-5,11-12,16-18H,2-3,6-8H2,1H3. The second-order valence-corrected chi connectivity index (χ2v) is 4.77. The van der Waals surface area contributed by atoms with Crippen LogP contribution in [0.3, 0.4) is 0 Å². The number of anilines is 1. The zero-order valence-electron chi connectivity index (χ0n) is 10.6. The molecule has 0 aromatic carbocycles. The van der Waals surface area contributed by atoms with E-state index >= 15 is 0 Å². The molecule has 2 rings (SSSR count). The van der Waals surface area contributed by atoms with Gasteiger partial charge < -0.3 is 20.2 Å². The van der Waals surface area contributed by atoms with Crippen molar-refractivity contribution in [3.05, 3.63) is 23.4 Å². The molecule has 2 unspecified atom stereocenters. The number of aliphatic hydroxyl groups is 3. The number of aryl methyl sites for hydroxylation is 1. The summed E-state index contributed by atoms with van der Waals surface area (Å²) in [5, 5.41) is 28.4. The normalized spacial score (nSPS) is 23.7. The van der Waals surface area contributed by atoms with E-state index < -0.39 is 12.2 Å². The summed E-state index contributed by atoms with van der Waals surface area (Å²) in [6.45, 7) is 2.82. The molecule has 0 amide bonds. The van der Waals surface area contributed by atoms with E-state index in [9.17, 15) is 15.3 Å². The van der Waals surface area contributed by atoms with Crippen LogP contribution in [0.15, 0.2) is 12.1 Å². The third-order valence-corrected chi connectivity index (χ3v) is 3.20. The lowest BCUT2D eigenvalue weighted by Gasteiger charge is -2.18. The van der Waals surface area contributed by atoms with Gasteiger partial charge in [0.25, 0.3) is 0 Å². The van der Waals surface area contributed by atoms with Crippen molar-refractivity contribution in [3.8, 4) is 0 Å². The van der Waals surface area contributed by atoms with Crippen molar-refractivity contribution in [3.63, 3.8) is 0 Å². The minimum absolute atomic E-state index is 0.0226. The van der Waals surface area contributed by atoms with Crippen molar-refractivity contribution in [1.82, 2.24) is 4.98 Å². The van der Waals surface area contributed by atoms with Gasteiger partial charge in [-0.2, -0.15) is 0 Å². The van der Waals surface area contributed by atoms with E-state index in [-0.39, 0.29) is 6.61 Å². The summed E-state index contributed by atoms with van der Waals surface area (Å²) in [7, 11) is 0. The van der Waals surface area contributed by atoms with Crippen LogP contribution >= 0.6 is 0 Å². The van der Waals surface area contributed by atoms with Crippen molar-refractivity contribution in [2.24, 2.45) is 0 Å². The molecule has 5 nitrogen and oxygen atoms in total. The zero-order chi connectivity index (χ0) is 13.1. The molecule has 0 bridgehead atoms. The second-order valence-electron chi connectivity index (χ2n) is 4.77. The highest BCUT2D eigenvalue weighted by Gasteiger charge is 2.30. The molecule has 2 heterocycles. The van der Waals surface area contributed by atoms with Gasteiger partial charge in [-0.3, -0.25) is 0 Å². The highest BCUT2D eigenvalue weighted by atomic mass is 16.3. The Hall–Kier alpha value is -1.17. The molecule has 0 saturated carbocycles. The Labute approximate surface area is 107 Å². The summed E-state index contributed by atoms with van der Waals surface area (Å²) in [5.41, 5.74) is 1.76. The van der Waals surface area contributed by atoms with E-state index in [1.807, 2.05) is 17.0 Å². The van der Waals surface area contributed by atoms with Gasteiger partial charge in [-0.25, -0.2) is 4.98 Å². The van der Waals surface area contributed by atoms with Crippen molar-refractivity contribution in [1.29, 1.82) is 0 Å². The van der Waals surface area contributed by atoms with Gasteiger partial charge >= 0.3 is 0 Å². The largest absolute Gasteiger partial charge is 0.392 e. The number of aliphatic hydroxyl groups excluding tert-OH is 3. The fourth-order valence-corrected chi connectivity index (χ4v) is 2.23. The molecular formula is C13H20N2O3. The topological polar surface area (TPSA) is 76.8 Å². The van der Waals surface area contributed by atoms with Gasteiger partial charge in [-0.15, -0.1) is 0 Å². The molecule has 1 aliphatic rings. The summed E-state index contributed by atoms with van der Waals surface area (Å²) in [6.07, 6.45) is 0.408. The number of β-amino-alcohol motifs (C(OH)–C–C–N with tert-alkyl or cyclic N) is 2. The van der Waals surface area contributed by atoms with E-state index in [1.54, 1.807) is 0 Å². The molecule has 100 valence electrons. The van der Waals surface area contributed by atoms with Gasteiger partial charge in [-0.1, -0.05) is 13.3 Å². The van der Waals surface area contributed by atoms with Crippen LogP contribution in [0.2, 0.25) is 0 Å². The fraction of sp³-hybridized carbons (Fsp3) is 0.615. The first-order chi connectivity index (χ1) is 8.63. The van der Waals surface area contributed by atoms with Gasteiger partial charge in [0, 0.05) is 18.8 Å². The molecule has 0 radical (unpaired) electrons. The number of aromatic nitrogens is 1. The molecule has 1 aromatic heterocycles. The number of hydrogen-bond donors (Lipinski definition) is 3. The first-order valence-electron chi connectivity index (χ1n) is 6.35. The SMILES string of the molecule is CCCc1cc(CO)cc(N2CC(O)C(O)C2)n1. The Morgan fingerprint density at radius 1 is 1.28 bits per heavy atom. The third kappa shape index (κ3) is 2.80. The first kappa shape index (κ1) is 13.3. The molecule has 1 fully saturated rings. The van der Waals surface area contributed by atoms with Crippen molar-refractivity contribution in [2.75, 3.05) is 18.0 Å². The maximum atomic E-state index is 9.56. The minimum atomic E-state index is -0.723. The molecule has 3 N–H and O–H groups in total. The average molecular weight is 252 g/mol. The predicted molar refractivity (Wildman–Crippen MR) is 68.4 cm³/mol. The van der Waals surface area contributed by atoms with Gasteiger partial charge in [0.15, 0.2) is 0 Å². The maximum Gasteiger partial charge on any atom is 0.129 e. The predicted octanol–water partition coefficient (Wildman–Crippen LogP) is 0.0682. The van der Waals surface area contributed by atoms with Gasteiger partial charge in [0.05, 0.1) is 18.8 Å². The monoisotopic (exact) mass is 252 g/mol. The Bertz CT molecular complexity index is 401. The minimum Gasteiger partial charge on any atom is -0.392 e. The first-order valence-corrected chi connectivity index (χ1v) is 6.35. The Balaban J connectivity index is 2.24. The van der Waals surface area contributed by atoms with Gasteiger partial charge in [0.2, 0.25) is 0 Å². The molecule has 0 aliphatic carbocycles. The van der Waals surface area contributed by atoms with Crippen LogP contribution in [0.4, 0.5) is 5.82 Å². The summed E-state index contributed by atoms with van der Waals surface area (Å²) in [4.78, 5) is 6.37. The van der Waals surface area contributed by atoms with E-state index in [0.29, 0.717) is 13.1 Å². The fourth-order valence-electron chi connectivity index (χ4n) is 2.23. The molecule has 0 spiro atoms. The molecule has 1 aliphatic heterocycles. The molecule has 2 atom stereocenters. The zero-order valence-corrected chi connectivity index (χ0v) is 10.6.